The number of likely N-dealkylation sites (tertiary alicyclic amines) is 1. The molecule has 1 heterocycles. The van der Waals surface area contributed by atoms with E-state index in [0.717, 1.165) is 38.6 Å². The largest absolute Gasteiger partial charge is 0.396 e. The summed E-state index contributed by atoms with van der Waals surface area (Å²) in [6.45, 7) is 0.958. The van der Waals surface area contributed by atoms with Gasteiger partial charge in [-0.05, 0) is 44.1 Å². The van der Waals surface area contributed by atoms with Crippen LogP contribution in [-0.2, 0) is 5.54 Å². The number of carbonyl (C=O) groups excluding carboxylic acids is 1. The molecule has 2 N–H and O–H groups in total. The summed E-state index contributed by atoms with van der Waals surface area (Å²) in [4.78, 5) is 14.6. The zero-order valence-corrected chi connectivity index (χ0v) is 12.4. The average Bonchev–Trinajstić information content (AvgIpc) is 3.30. The molecule has 4 nitrogen and oxygen atoms in total. The summed E-state index contributed by atoms with van der Waals surface area (Å²) >= 11 is 0. The Kier molecular flexibility index (Phi) is 4.15. The molecule has 1 unspecified atom stereocenters. The monoisotopic (exact) mass is 288 g/mol. The van der Waals surface area contributed by atoms with Crippen LogP contribution in [-0.4, -0.2) is 35.2 Å². The molecular formula is C17H24N2O2. The predicted molar refractivity (Wildman–Crippen MR) is 81.9 cm³/mol. The van der Waals surface area contributed by atoms with Gasteiger partial charge in [-0.25, -0.2) is 4.79 Å². The van der Waals surface area contributed by atoms with Crippen molar-refractivity contribution in [3.63, 3.8) is 0 Å². The van der Waals surface area contributed by atoms with Gasteiger partial charge in [-0.2, -0.15) is 0 Å². The maximum atomic E-state index is 12.6. The van der Waals surface area contributed by atoms with Gasteiger partial charge in [0.2, 0.25) is 0 Å². The highest BCUT2D eigenvalue weighted by molar-refractivity contribution is 5.76. The Labute approximate surface area is 126 Å². The van der Waals surface area contributed by atoms with Crippen LogP contribution < -0.4 is 5.32 Å². The van der Waals surface area contributed by atoms with Gasteiger partial charge in [0.1, 0.15) is 0 Å². The number of urea groups is 1. The Morgan fingerprint density at radius 3 is 2.71 bits per heavy atom. The summed E-state index contributed by atoms with van der Waals surface area (Å²) in [5, 5.41) is 12.4. The Morgan fingerprint density at radius 1 is 1.29 bits per heavy atom. The summed E-state index contributed by atoms with van der Waals surface area (Å²) in [5.74, 6) is 0. The fourth-order valence-electron chi connectivity index (χ4n) is 3.36. The Hall–Kier alpha value is -1.55. The van der Waals surface area contributed by atoms with Crippen LogP contribution in [0.2, 0.25) is 0 Å². The quantitative estimate of drug-likeness (QED) is 0.895. The lowest BCUT2D eigenvalue weighted by atomic mass is 10.00. The van der Waals surface area contributed by atoms with Crippen molar-refractivity contribution in [1.82, 2.24) is 10.2 Å². The van der Waals surface area contributed by atoms with Gasteiger partial charge in [0.15, 0.2) is 0 Å². The van der Waals surface area contributed by atoms with E-state index in [1.165, 1.54) is 5.56 Å². The number of hydrogen-bond donors (Lipinski definition) is 2. The van der Waals surface area contributed by atoms with Gasteiger partial charge < -0.3 is 15.3 Å². The smallest absolute Gasteiger partial charge is 0.318 e. The van der Waals surface area contributed by atoms with Gasteiger partial charge in [-0.15, -0.1) is 0 Å². The summed E-state index contributed by atoms with van der Waals surface area (Å²) < 4.78 is 0. The number of nitrogens with one attached hydrogen (secondary N) is 1. The van der Waals surface area contributed by atoms with Crippen molar-refractivity contribution in [3.8, 4) is 0 Å². The summed E-state index contributed by atoms with van der Waals surface area (Å²) in [5.41, 5.74) is 1.05. The normalized spacial score (nSPS) is 23.7. The second-order valence-corrected chi connectivity index (χ2v) is 6.23. The van der Waals surface area contributed by atoms with Crippen molar-refractivity contribution in [2.24, 2.45) is 0 Å². The highest BCUT2D eigenvalue weighted by Crippen LogP contribution is 2.45. The van der Waals surface area contributed by atoms with Crippen LogP contribution in [0.4, 0.5) is 4.79 Å². The van der Waals surface area contributed by atoms with Crippen molar-refractivity contribution in [3.05, 3.63) is 35.9 Å². The number of aliphatic hydroxyl groups is 1. The van der Waals surface area contributed by atoms with E-state index >= 15 is 0 Å². The first-order valence-electron chi connectivity index (χ1n) is 8.00. The second-order valence-electron chi connectivity index (χ2n) is 6.23. The Balaban J connectivity index is 1.68. The van der Waals surface area contributed by atoms with Gasteiger partial charge in [0, 0.05) is 19.2 Å². The maximum Gasteiger partial charge on any atom is 0.318 e. The van der Waals surface area contributed by atoms with Crippen LogP contribution in [0.25, 0.3) is 0 Å². The van der Waals surface area contributed by atoms with E-state index in [1.54, 1.807) is 0 Å². The SMILES string of the molecule is O=C(NC1(c2ccccc2)CC1)N1CCCCC1CCO. The second kappa shape index (κ2) is 6.06. The highest BCUT2D eigenvalue weighted by atomic mass is 16.3. The number of piperidine rings is 1. The number of nitrogens with zero attached hydrogens (tertiary/aromatic N) is 1. The molecule has 3 rings (SSSR count). The van der Waals surface area contributed by atoms with E-state index in [0.29, 0.717) is 6.42 Å². The van der Waals surface area contributed by atoms with Crippen LogP contribution in [0.15, 0.2) is 30.3 Å². The third-order valence-electron chi connectivity index (χ3n) is 4.77. The topological polar surface area (TPSA) is 52.6 Å². The first-order chi connectivity index (χ1) is 10.2. The number of benzene rings is 1. The molecule has 1 aliphatic heterocycles. The third kappa shape index (κ3) is 3.05. The summed E-state index contributed by atoms with van der Waals surface area (Å²) in [6.07, 6.45) is 5.94. The van der Waals surface area contributed by atoms with E-state index in [-0.39, 0.29) is 24.2 Å². The summed E-state index contributed by atoms with van der Waals surface area (Å²) in [6, 6.07) is 10.5. The van der Waals surface area contributed by atoms with Gasteiger partial charge in [0.05, 0.1) is 5.54 Å². The molecule has 1 aromatic rings. The fraction of sp³-hybridized carbons (Fsp3) is 0.588. The number of hydrogen-bond acceptors (Lipinski definition) is 2. The van der Waals surface area contributed by atoms with Gasteiger partial charge in [-0.3, -0.25) is 0 Å². The lowest BCUT2D eigenvalue weighted by molar-refractivity contribution is 0.128. The molecular weight excluding hydrogens is 264 g/mol. The predicted octanol–water partition coefficient (Wildman–Crippen LogP) is 2.62. The summed E-state index contributed by atoms with van der Waals surface area (Å²) in [7, 11) is 0. The molecule has 114 valence electrons. The van der Waals surface area contributed by atoms with E-state index in [4.69, 9.17) is 0 Å². The fourth-order valence-corrected chi connectivity index (χ4v) is 3.36. The lowest BCUT2D eigenvalue weighted by Gasteiger charge is -2.36. The van der Waals surface area contributed by atoms with Crippen LogP contribution in [0.3, 0.4) is 0 Å². The lowest BCUT2D eigenvalue weighted by Crippen LogP contribution is -2.51. The van der Waals surface area contributed by atoms with Gasteiger partial charge in [0.25, 0.3) is 0 Å². The minimum absolute atomic E-state index is 0.0366. The minimum Gasteiger partial charge on any atom is -0.396 e. The molecule has 4 heteroatoms. The Morgan fingerprint density at radius 2 is 2.05 bits per heavy atom. The van der Waals surface area contributed by atoms with Crippen molar-refractivity contribution in [1.29, 1.82) is 0 Å². The molecule has 0 aromatic heterocycles. The molecule has 21 heavy (non-hydrogen) atoms. The number of rotatable bonds is 4. The Bertz CT molecular complexity index is 483. The molecule has 1 aromatic carbocycles. The van der Waals surface area contributed by atoms with Crippen LogP contribution >= 0.6 is 0 Å². The van der Waals surface area contributed by atoms with Crippen LogP contribution in [0.1, 0.15) is 44.1 Å². The third-order valence-corrected chi connectivity index (χ3v) is 4.77. The molecule has 1 aliphatic carbocycles. The highest BCUT2D eigenvalue weighted by Gasteiger charge is 2.46. The van der Waals surface area contributed by atoms with Crippen LogP contribution in [0, 0.1) is 0 Å². The first kappa shape index (κ1) is 14.4. The molecule has 2 fully saturated rings. The molecule has 0 radical (unpaired) electrons. The van der Waals surface area contributed by atoms with Crippen molar-refractivity contribution >= 4 is 6.03 Å². The van der Waals surface area contributed by atoms with Crippen molar-refractivity contribution in [2.45, 2.75) is 50.1 Å². The molecule has 2 aliphatic rings. The van der Waals surface area contributed by atoms with Crippen molar-refractivity contribution < 1.29 is 9.90 Å². The molecule has 1 saturated carbocycles. The van der Waals surface area contributed by atoms with Crippen LogP contribution in [0.5, 0.6) is 0 Å². The zero-order valence-electron chi connectivity index (χ0n) is 12.4. The van der Waals surface area contributed by atoms with Gasteiger partial charge in [-0.1, -0.05) is 30.3 Å². The molecule has 0 spiro atoms. The molecule has 1 atom stereocenters. The van der Waals surface area contributed by atoms with Gasteiger partial charge >= 0.3 is 6.03 Å². The minimum atomic E-state index is -0.153. The molecule has 1 saturated heterocycles. The first-order valence-corrected chi connectivity index (χ1v) is 8.00. The van der Waals surface area contributed by atoms with E-state index in [2.05, 4.69) is 17.4 Å². The maximum absolute atomic E-state index is 12.6. The molecule has 2 amide bonds. The average molecular weight is 288 g/mol. The van der Waals surface area contributed by atoms with Crippen molar-refractivity contribution in [2.75, 3.05) is 13.2 Å². The van der Waals surface area contributed by atoms with E-state index < -0.39 is 0 Å². The van der Waals surface area contributed by atoms with E-state index in [9.17, 15) is 9.90 Å². The van der Waals surface area contributed by atoms with E-state index in [1.807, 2.05) is 23.1 Å². The molecule has 0 bridgehead atoms. The number of amides is 2. The zero-order chi connectivity index (χ0) is 14.7. The standard InChI is InChI=1S/C17H24N2O2/c20-13-9-15-8-4-5-12-19(15)16(21)18-17(10-11-17)14-6-2-1-3-7-14/h1-3,6-7,15,20H,4-5,8-13H2,(H,18,21). The number of carbonyl (C=O) groups is 1. The number of aliphatic hydroxyl groups excluding tert-OH is 1.